The molecule has 1 aliphatic heterocycles. The molecule has 29 heavy (non-hydrogen) atoms. The molecule has 0 N–H and O–H groups in total. The van der Waals surface area contributed by atoms with Crippen LogP contribution in [-0.2, 0) is 6.61 Å². The number of hydrogen-bond donors (Lipinski definition) is 0. The molecule has 7 heteroatoms. The Kier molecular flexibility index (Phi) is 5.75. The Hall–Kier alpha value is -2.17. The van der Waals surface area contributed by atoms with Gasteiger partial charge < -0.3 is 9.47 Å². The molecule has 1 heterocycles. The Labute approximate surface area is 187 Å². The van der Waals surface area contributed by atoms with Crippen molar-refractivity contribution >= 4 is 58.3 Å². The van der Waals surface area contributed by atoms with E-state index in [4.69, 9.17) is 55.9 Å². The fourth-order valence-electron chi connectivity index (χ4n) is 2.86. The molecule has 0 unspecified atom stereocenters. The number of fused-ring (bicyclic) bond motifs is 1. The van der Waals surface area contributed by atoms with Crippen molar-refractivity contribution in [2.75, 3.05) is 0 Å². The van der Waals surface area contributed by atoms with Gasteiger partial charge >= 0.3 is 0 Å². The Balaban J connectivity index is 1.57. The Morgan fingerprint density at radius 3 is 2.14 bits per heavy atom. The molecule has 0 radical (unpaired) electrons. The number of benzene rings is 3. The quantitative estimate of drug-likeness (QED) is 0.374. The van der Waals surface area contributed by atoms with Crippen LogP contribution in [0.4, 0.5) is 0 Å². The van der Waals surface area contributed by atoms with E-state index in [0.717, 1.165) is 0 Å². The summed E-state index contributed by atoms with van der Waals surface area (Å²) in [5.41, 5.74) is 1.64. The van der Waals surface area contributed by atoms with Crippen LogP contribution in [0.1, 0.15) is 21.5 Å². The minimum atomic E-state index is -0.253. The lowest BCUT2D eigenvalue weighted by Gasteiger charge is -2.10. The van der Waals surface area contributed by atoms with Crippen molar-refractivity contribution < 1.29 is 14.3 Å². The van der Waals surface area contributed by atoms with Gasteiger partial charge in [-0.15, -0.1) is 0 Å². The second kappa shape index (κ2) is 8.29. The van der Waals surface area contributed by atoms with E-state index >= 15 is 0 Å². The number of ketones is 1. The summed E-state index contributed by atoms with van der Waals surface area (Å²) < 4.78 is 11.5. The summed E-state index contributed by atoms with van der Waals surface area (Å²) in [5, 5.41) is 1.90. The van der Waals surface area contributed by atoms with E-state index in [1.54, 1.807) is 54.6 Å². The molecule has 0 atom stereocenters. The third-order valence-corrected chi connectivity index (χ3v) is 5.73. The van der Waals surface area contributed by atoms with Crippen LogP contribution in [0.25, 0.3) is 6.08 Å². The Morgan fingerprint density at radius 2 is 1.48 bits per heavy atom. The van der Waals surface area contributed by atoms with Crippen LogP contribution in [-0.4, -0.2) is 5.78 Å². The van der Waals surface area contributed by atoms with Gasteiger partial charge in [0, 0.05) is 37.3 Å². The molecule has 3 nitrogen and oxygen atoms in total. The molecule has 1 aliphatic rings. The predicted octanol–water partition coefficient (Wildman–Crippen LogP) is 7.50. The summed E-state index contributed by atoms with van der Waals surface area (Å²) in [6, 6.07) is 15.4. The van der Waals surface area contributed by atoms with Gasteiger partial charge in [0.05, 0.1) is 5.56 Å². The number of carbonyl (C=O) groups is 1. The first kappa shape index (κ1) is 20.1. The highest BCUT2D eigenvalue weighted by atomic mass is 35.5. The molecule has 146 valence electrons. The van der Waals surface area contributed by atoms with E-state index in [9.17, 15) is 4.79 Å². The molecule has 3 aromatic carbocycles. The lowest BCUT2D eigenvalue weighted by molar-refractivity contribution is 0.101. The molecule has 0 spiro atoms. The van der Waals surface area contributed by atoms with Crippen molar-refractivity contribution in [3.8, 4) is 11.5 Å². The normalized spacial score (nSPS) is 14.1. The van der Waals surface area contributed by atoms with Crippen LogP contribution in [0.15, 0.2) is 60.4 Å². The van der Waals surface area contributed by atoms with Crippen LogP contribution >= 0.6 is 46.4 Å². The van der Waals surface area contributed by atoms with Gasteiger partial charge in [0.25, 0.3) is 0 Å². The van der Waals surface area contributed by atoms with Crippen molar-refractivity contribution in [2.24, 2.45) is 0 Å². The van der Waals surface area contributed by atoms with Crippen molar-refractivity contribution in [3.63, 3.8) is 0 Å². The number of hydrogen-bond acceptors (Lipinski definition) is 3. The van der Waals surface area contributed by atoms with E-state index in [0.29, 0.717) is 48.3 Å². The molecule has 0 saturated heterocycles. The second-order valence-electron chi connectivity index (χ2n) is 6.22. The van der Waals surface area contributed by atoms with Crippen LogP contribution in [0.5, 0.6) is 11.5 Å². The molecule has 0 amide bonds. The monoisotopic (exact) mass is 464 g/mol. The minimum Gasteiger partial charge on any atom is -0.489 e. The van der Waals surface area contributed by atoms with Gasteiger partial charge in [-0.3, -0.25) is 4.79 Å². The van der Waals surface area contributed by atoms with Gasteiger partial charge in [0.2, 0.25) is 5.78 Å². The van der Waals surface area contributed by atoms with Crippen LogP contribution in [0.3, 0.4) is 0 Å². The van der Waals surface area contributed by atoms with Crippen LogP contribution in [0.2, 0.25) is 20.1 Å². The molecule has 3 aromatic rings. The molecule has 0 saturated carbocycles. The average Bonchev–Trinajstić information content (AvgIpc) is 2.99. The summed E-state index contributed by atoms with van der Waals surface area (Å²) >= 11 is 24.7. The lowest BCUT2D eigenvalue weighted by atomic mass is 10.1. The molecule has 0 aliphatic carbocycles. The van der Waals surface area contributed by atoms with Crippen LogP contribution in [0, 0.1) is 0 Å². The van der Waals surface area contributed by atoms with E-state index in [1.807, 2.05) is 0 Å². The SMILES string of the molecule is O=C1/C(=C/c2c(Cl)cccc2Cl)Oc2cc(OCc3c(Cl)cccc3Cl)ccc21. The third kappa shape index (κ3) is 4.10. The zero-order chi connectivity index (χ0) is 20.5. The maximum absolute atomic E-state index is 12.6. The van der Waals surface area contributed by atoms with Gasteiger partial charge in [-0.25, -0.2) is 0 Å². The molecule has 0 bridgehead atoms. The highest BCUT2D eigenvalue weighted by Gasteiger charge is 2.28. The number of rotatable bonds is 4. The third-order valence-electron chi connectivity index (χ3n) is 4.36. The Bertz CT molecular complexity index is 1110. The molecule has 0 fully saturated rings. The molecular formula is C22H12Cl4O3. The molecular weight excluding hydrogens is 454 g/mol. The van der Waals surface area contributed by atoms with Crippen molar-refractivity contribution in [1.29, 1.82) is 0 Å². The summed E-state index contributed by atoms with van der Waals surface area (Å²) in [5.74, 6) is 0.801. The summed E-state index contributed by atoms with van der Waals surface area (Å²) in [6.45, 7) is 0.184. The van der Waals surface area contributed by atoms with Gasteiger partial charge in [-0.2, -0.15) is 0 Å². The van der Waals surface area contributed by atoms with E-state index in [1.165, 1.54) is 6.08 Å². The van der Waals surface area contributed by atoms with E-state index < -0.39 is 0 Å². The van der Waals surface area contributed by atoms with E-state index in [2.05, 4.69) is 0 Å². The fraction of sp³-hybridized carbons (Fsp3) is 0.0455. The number of Topliss-reactive ketones (excluding diaryl/α,β-unsaturated/α-hetero) is 1. The molecule has 4 rings (SSSR count). The largest absolute Gasteiger partial charge is 0.489 e. The highest BCUT2D eigenvalue weighted by molar-refractivity contribution is 6.37. The maximum atomic E-state index is 12.6. The van der Waals surface area contributed by atoms with Crippen LogP contribution < -0.4 is 9.47 Å². The first-order valence-corrected chi connectivity index (χ1v) is 10.0. The summed E-state index contributed by atoms with van der Waals surface area (Å²) in [4.78, 5) is 12.6. The topological polar surface area (TPSA) is 35.5 Å². The molecule has 0 aromatic heterocycles. The van der Waals surface area contributed by atoms with Gasteiger partial charge in [-0.05, 0) is 42.5 Å². The number of ether oxygens (including phenoxy) is 2. The standard InChI is InChI=1S/C22H12Cl4O3/c23-16-3-1-4-17(24)14(16)10-21-22(27)13-8-7-12(9-20(13)29-21)28-11-15-18(25)5-2-6-19(15)26/h1-10H,11H2/b21-10-. The first-order chi connectivity index (χ1) is 13.9. The van der Waals surface area contributed by atoms with Crippen molar-refractivity contribution in [3.05, 3.63) is 97.1 Å². The van der Waals surface area contributed by atoms with Gasteiger partial charge in [-0.1, -0.05) is 58.5 Å². The summed E-state index contributed by atoms with van der Waals surface area (Å²) in [6.07, 6.45) is 1.54. The van der Waals surface area contributed by atoms with E-state index in [-0.39, 0.29) is 18.1 Å². The van der Waals surface area contributed by atoms with Crippen molar-refractivity contribution in [1.82, 2.24) is 0 Å². The fourth-order valence-corrected chi connectivity index (χ4v) is 3.88. The Morgan fingerprint density at radius 1 is 0.862 bits per heavy atom. The van der Waals surface area contributed by atoms with Crippen molar-refractivity contribution in [2.45, 2.75) is 6.61 Å². The zero-order valence-electron chi connectivity index (χ0n) is 14.7. The number of carbonyl (C=O) groups excluding carboxylic acids is 1. The predicted molar refractivity (Wildman–Crippen MR) is 117 cm³/mol. The number of halogens is 4. The van der Waals surface area contributed by atoms with Gasteiger partial charge in [0.1, 0.15) is 18.1 Å². The lowest BCUT2D eigenvalue weighted by Crippen LogP contribution is -1.98. The highest BCUT2D eigenvalue weighted by Crippen LogP contribution is 2.37. The number of allylic oxidation sites excluding steroid dienone is 1. The maximum Gasteiger partial charge on any atom is 0.231 e. The van der Waals surface area contributed by atoms with Gasteiger partial charge in [0.15, 0.2) is 5.76 Å². The zero-order valence-corrected chi connectivity index (χ0v) is 17.7. The second-order valence-corrected chi connectivity index (χ2v) is 7.85. The minimum absolute atomic E-state index is 0.140. The smallest absolute Gasteiger partial charge is 0.231 e. The first-order valence-electron chi connectivity index (χ1n) is 8.52. The average molecular weight is 466 g/mol. The summed E-state index contributed by atoms with van der Waals surface area (Å²) in [7, 11) is 0.